The van der Waals surface area contributed by atoms with Gasteiger partial charge in [-0.2, -0.15) is 0 Å². The quantitative estimate of drug-likeness (QED) is 0.838. The Morgan fingerprint density at radius 3 is 2.04 bits per heavy atom. The molecular weight excluding hydrogens is 298 g/mol. The minimum absolute atomic E-state index is 0.0275. The summed E-state index contributed by atoms with van der Waals surface area (Å²) >= 11 is 0. The third-order valence-electron chi connectivity index (χ3n) is 4.60. The number of piperidine rings is 1. The topological polar surface area (TPSA) is 66.0 Å². The summed E-state index contributed by atoms with van der Waals surface area (Å²) < 4.78 is 21.5. The van der Waals surface area contributed by atoms with Gasteiger partial charge in [0.25, 0.3) is 0 Å². The van der Waals surface area contributed by atoms with Crippen LogP contribution in [0, 0.1) is 0 Å². The summed E-state index contributed by atoms with van der Waals surface area (Å²) in [5.41, 5.74) is 0.408. The lowest BCUT2D eigenvalue weighted by Crippen LogP contribution is -2.42. The third-order valence-corrected chi connectivity index (χ3v) is 4.60. The Labute approximate surface area is 136 Å². The summed E-state index contributed by atoms with van der Waals surface area (Å²) in [6.07, 6.45) is 4.07. The van der Waals surface area contributed by atoms with Gasteiger partial charge in [0.1, 0.15) is 6.10 Å². The average Bonchev–Trinajstić information content (AvgIpc) is 2.91. The summed E-state index contributed by atoms with van der Waals surface area (Å²) in [5.74, 6) is 1.01. The Balaban J connectivity index is 1.76. The molecule has 2 bridgehead atoms. The molecule has 2 heterocycles. The minimum Gasteiger partial charge on any atom is -0.493 e. The molecule has 0 aliphatic carbocycles. The van der Waals surface area contributed by atoms with Gasteiger partial charge < -0.3 is 24.3 Å². The summed E-state index contributed by atoms with van der Waals surface area (Å²) in [5, 5.41) is 3.54. The predicted octanol–water partition coefficient (Wildman–Crippen LogP) is 2.15. The second-order valence-electron chi connectivity index (χ2n) is 6.05. The minimum atomic E-state index is -0.351. The fourth-order valence-corrected chi connectivity index (χ4v) is 3.52. The zero-order valence-electron chi connectivity index (χ0n) is 13.8. The first-order chi connectivity index (χ1) is 11.1. The molecule has 0 amide bonds. The van der Waals surface area contributed by atoms with Gasteiger partial charge >= 0.3 is 5.97 Å². The number of ether oxygens (including phenoxy) is 4. The van der Waals surface area contributed by atoms with E-state index in [9.17, 15) is 4.79 Å². The summed E-state index contributed by atoms with van der Waals surface area (Å²) in [7, 11) is 4.58. The molecule has 0 spiro atoms. The monoisotopic (exact) mass is 321 g/mol. The molecule has 3 rings (SSSR count). The molecule has 0 radical (unpaired) electrons. The van der Waals surface area contributed by atoms with Crippen LogP contribution in [-0.2, 0) is 4.74 Å². The number of nitrogens with one attached hydrogen (secondary N) is 1. The molecule has 3 atom stereocenters. The number of benzene rings is 1. The van der Waals surface area contributed by atoms with Crippen LogP contribution in [0.25, 0.3) is 0 Å². The normalized spacial score (nSPS) is 25.8. The molecule has 6 nitrogen and oxygen atoms in total. The van der Waals surface area contributed by atoms with Gasteiger partial charge in [0.2, 0.25) is 5.75 Å². The lowest BCUT2D eigenvalue weighted by atomic mass is 10.0. The van der Waals surface area contributed by atoms with E-state index in [0.717, 1.165) is 12.8 Å². The van der Waals surface area contributed by atoms with Gasteiger partial charge in [-0.05, 0) is 37.8 Å². The van der Waals surface area contributed by atoms with E-state index in [1.807, 2.05) is 0 Å². The van der Waals surface area contributed by atoms with Gasteiger partial charge in [0.15, 0.2) is 11.5 Å². The lowest BCUT2D eigenvalue weighted by Gasteiger charge is -2.28. The van der Waals surface area contributed by atoms with E-state index in [1.165, 1.54) is 34.2 Å². The van der Waals surface area contributed by atoms with Crippen molar-refractivity contribution >= 4 is 5.97 Å². The molecule has 6 heteroatoms. The zero-order valence-corrected chi connectivity index (χ0v) is 13.8. The summed E-state index contributed by atoms with van der Waals surface area (Å²) in [6, 6.07) is 4.21. The first kappa shape index (κ1) is 15.9. The highest BCUT2D eigenvalue weighted by molar-refractivity contribution is 5.91. The Hall–Kier alpha value is -1.95. The highest BCUT2D eigenvalue weighted by atomic mass is 16.5. The number of rotatable bonds is 5. The van der Waals surface area contributed by atoms with E-state index in [1.54, 1.807) is 12.1 Å². The van der Waals surface area contributed by atoms with Crippen LogP contribution in [-0.4, -0.2) is 45.5 Å². The molecule has 1 aromatic carbocycles. The van der Waals surface area contributed by atoms with Crippen molar-refractivity contribution in [1.82, 2.24) is 5.32 Å². The molecule has 2 saturated heterocycles. The molecule has 2 aliphatic rings. The molecule has 1 unspecified atom stereocenters. The predicted molar refractivity (Wildman–Crippen MR) is 84.5 cm³/mol. The Bertz CT molecular complexity index is 551. The van der Waals surface area contributed by atoms with E-state index in [0.29, 0.717) is 34.9 Å². The van der Waals surface area contributed by atoms with Crippen LogP contribution in [0.3, 0.4) is 0 Å². The van der Waals surface area contributed by atoms with Gasteiger partial charge in [-0.3, -0.25) is 0 Å². The lowest BCUT2D eigenvalue weighted by molar-refractivity contribution is 0.0176. The highest BCUT2D eigenvalue weighted by Crippen LogP contribution is 2.38. The van der Waals surface area contributed by atoms with E-state index in [-0.39, 0.29) is 12.1 Å². The first-order valence-corrected chi connectivity index (χ1v) is 7.91. The molecule has 0 aromatic heterocycles. The van der Waals surface area contributed by atoms with E-state index < -0.39 is 0 Å². The second kappa shape index (κ2) is 6.66. The van der Waals surface area contributed by atoms with Crippen LogP contribution < -0.4 is 19.5 Å². The van der Waals surface area contributed by atoms with Gasteiger partial charge in [-0.15, -0.1) is 0 Å². The largest absolute Gasteiger partial charge is 0.493 e. The van der Waals surface area contributed by atoms with Gasteiger partial charge in [-0.1, -0.05) is 0 Å². The summed E-state index contributed by atoms with van der Waals surface area (Å²) in [6.45, 7) is 0. The number of hydrogen-bond donors (Lipinski definition) is 1. The fraction of sp³-hybridized carbons (Fsp3) is 0.588. The van der Waals surface area contributed by atoms with Crippen molar-refractivity contribution in [2.75, 3.05) is 21.3 Å². The number of carbonyl (C=O) groups excluding carboxylic acids is 1. The Morgan fingerprint density at radius 1 is 1.00 bits per heavy atom. The number of hydrogen-bond acceptors (Lipinski definition) is 6. The van der Waals surface area contributed by atoms with E-state index in [4.69, 9.17) is 18.9 Å². The van der Waals surface area contributed by atoms with Crippen molar-refractivity contribution in [3.8, 4) is 17.2 Å². The number of fused-ring (bicyclic) bond motifs is 2. The average molecular weight is 321 g/mol. The van der Waals surface area contributed by atoms with Crippen molar-refractivity contribution in [3.05, 3.63) is 17.7 Å². The maximum Gasteiger partial charge on any atom is 0.338 e. The molecule has 2 aliphatic heterocycles. The highest BCUT2D eigenvalue weighted by Gasteiger charge is 2.35. The van der Waals surface area contributed by atoms with Gasteiger partial charge in [0.05, 0.1) is 26.9 Å². The van der Waals surface area contributed by atoms with Crippen LogP contribution in [0.5, 0.6) is 17.2 Å². The van der Waals surface area contributed by atoms with Crippen molar-refractivity contribution in [3.63, 3.8) is 0 Å². The molecule has 1 N–H and O–H groups in total. The van der Waals surface area contributed by atoms with Crippen LogP contribution in [0.2, 0.25) is 0 Å². The maximum absolute atomic E-state index is 12.5. The molecular formula is C17H23NO5. The van der Waals surface area contributed by atoms with Gasteiger partial charge in [-0.25, -0.2) is 4.79 Å². The van der Waals surface area contributed by atoms with Crippen LogP contribution in [0.15, 0.2) is 12.1 Å². The smallest absolute Gasteiger partial charge is 0.338 e. The second-order valence-corrected chi connectivity index (χ2v) is 6.05. The fourth-order valence-electron chi connectivity index (χ4n) is 3.52. The van der Waals surface area contributed by atoms with Crippen LogP contribution >= 0.6 is 0 Å². The summed E-state index contributed by atoms with van der Waals surface area (Å²) in [4.78, 5) is 12.5. The maximum atomic E-state index is 12.5. The Kier molecular flexibility index (Phi) is 4.61. The molecule has 0 saturated carbocycles. The first-order valence-electron chi connectivity index (χ1n) is 7.91. The Morgan fingerprint density at radius 2 is 1.57 bits per heavy atom. The van der Waals surface area contributed by atoms with Crippen LogP contribution in [0.1, 0.15) is 36.0 Å². The zero-order chi connectivity index (χ0) is 16.4. The molecule has 23 heavy (non-hydrogen) atoms. The standard InChI is InChI=1S/C17H23NO5/c1-20-14-6-10(7-15(21-2)16(14)22-3)17(19)23-13-8-11-4-5-12(9-13)18-11/h6-7,11-13,18H,4-5,8-9H2,1-3H3/t11-,12+,13?. The number of methoxy groups -OCH3 is 3. The number of esters is 1. The molecule has 126 valence electrons. The molecule has 1 aromatic rings. The molecule has 2 fully saturated rings. The van der Waals surface area contributed by atoms with E-state index in [2.05, 4.69) is 5.32 Å². The van der Waals surface area contributed by atoms with Crippen LogP contribution in [0.4, 0.5) is 0 Å². The van der Waals surface area contributed by atoms with Crippen molar-refractivity contribution in [2.45, 2.75) is 43.9 Å². The van der Waals surface area contributed by atoms with Gasteiger partial charge in [0, 0.05) is 12.1 Å². The number of carbonyl (C=O) groups is 1. The van der Waals surface area contributed by atoms with E-state index >= 15 is 0 Å². The van der Waals surface area contributed by atoms with Crippen molar-refractivity contribution < 1.29 is 23.7 Å². The third kappa shape index (κ3) is 3.22. The van der Waals surface area contributed by atoms with Crippen molar-refractivity contribution in [1.29, 1.82) is 0 Å². The van der Waals surface area contributed by atoms with Crippen molar-refractivity contribution in [2.24, 2.45) is 0 Å². The SMILES string of the molecule is COc1cc(C(=O)OC2C[C@H]3CC[C@@H](C2)N3)cc(OC)c1OC.